The first kappa shape index (κ1) is 25.9. The molecule has 0 N–H and O–H groups in total. The Kier molecular flexibility index (Phi) is 7.52. The van der Waals surface area contributed by atoms with E-state index < -0.39 is 11.7 Å². The van der Waals surface area contributed by atoms with Crippen LogP contribution in [-0.2, 0) is 6.18 Å². The summed E-state index contributed by atoms with van der Waals surface area (Å²) >= 11 is 6.52. The van der Waals surface area contributed by atoms with Gasteiger partial charge in [0, 0.05) is 24.5 Å². The number of fused-ring (bicyclic) bond motifs is 1. The third-order valence-electron chi connectivity index (χ3n) is 5.98. The van der Waals surface area contributed by atoms with Crippen LogP contribution in [0.2, 0.25) is 5.02 Å². The Hall–Kier alpha value is -3.16. The normalized spacial score (nSPS) is 11.9. The van der Waals surface area contributed by atoms with Crippen LogP contribution in [0.4, 0.5) is 19.0 Å². The molecular formula is C28H28ClF3N4. The van der Waals surface area contributed by atoms with Gasteiger partial charge in [-0.1, -0.05) is 41.9 Å². The van der Waals surface area contributed by atoms with E-state index in [9.17, 15) is 13.2 Å². The van der Waals surface area contributed by atoms with Crippen LogP contribution in [0.25, 0.3) is 33.4 Å². The van der Waals surface area contributed by atoms with E-state index in [4.69, 9.17) is 21.6 Å². The van der Waals surface area contributed by atoms with Crippen molar-refractivity contribution in [2.45, 2.75) is 19.5 Å². The van der Waals surface area contributed by atoms with E-state index in [1.165, 1.54) is 6.07 Å². The molecule has 0 atom stereocenters. The SMILES string of the molecule is Cc1cc(-c2cccc(-c3nc(N(C)CCCN(C)C)c4cccc(Cl)c4n3)c2)cc(C(F)(F)F)c1. The van der Waals surface area contributed by atoms with Crippen molar-refractivity contribution in [1.29, 1.82) is 0 Å². The number of halogens is 4. The lowest BCUT2D eigenvalue weighted by atomic mass is 9.98. The van der Waals surface area contributed by atoms with Crippen molar-refractivity contribution in [1.82, 2.24) is 14.9 Å². The van der Waals surface area contributed by atoms with Gasteiger partial charge in [0.25, 0.3) is 0 Å². The number of anilines is 1. The zero-order valence-electron chi connectivity index (χ0n) is 20.7. The number of benzene rings is 3. The van der Waals surface area contributed by atoms with Crippen LogP contribution >= 0.6 is 11.6 Å². The summed E-state index contributed by atoms with van der Waals surface area (Å²) in [6, 6.07) is 17.0. The molecule has 188 valence electrons. The van der Waals surface area contributed by atoms with E-state index in [0.29, 0.717) is 38.6 Å². The maximum atomic E-state index is 13.4. The average Bonchev–Trinajstić information content (AvgIpc) is 2.82. The maximum Gasteiger partial charge on any atom is 0.416 e. The number of aromatic nitrogens is 2. The number of alkyl halides is 3. The number of nitrogens with zero attached hydrogens (tertiary/aromatic N) is 4. The molecule has 1 aromatic heterocycles. The highest BCUT2D eigenvalue weighted by Gasteiger charge is 2.31. The minimum absolute atomic E-state index is 0.468. The van der Waals surface area contributed by atoms with E-state index in [1.807, 2.05) is 45.4 Å². The highest BCUT2D eigenvalue weighted by molar-refractivity contribution is 6.35. The molecule has 3 aromatic carbocycles. The first-order valence-corrected chi connectivity index (χ1v) is 12.0. The molecule has 0 saturated heterocycles. The minimum Gasteiger partial charge on any atom is -0.359 e. The average molecular weight is 513 g/mol. The molecule has 0 fully saturated rings. The Morgan fingerprint density at radius 3 is 2.28 bits per heavy atom. The minimum atomic E-state index is -4.41. The molecular weight excluding hydrogens is 485 g/mol. The van der Waals surface area contributed by atoms with Gasteiger partial charge in [0.15, 0.2) is 5.82 Å². The standard InChI is InChI=1S/C28H28ClF3N4/c1-18-14-21(17-22(15-18)28(30,31)32)19-8-5-9-20(16-19)26-33-25-23(10-6-11-24(25)29)27(34-26)36(4)13-7-12-35(2)3/h5-6,8-11,14-17H,7,12-13H2,1-4H3. The zero-order valence-corrected chi connectivity index (χ0v) is 21.5. The molecule has 0 aliphatic rings. The van der Waals surface area contributed by atoms with Gasteiger partial charge >= 0.3 is 6.18 Å². The summed E-state index contributed by atoms with van der Waals surface area (Å²) in [6.45, 7) is 3.40. The summed E-state index contributed by atoms with van der Waals surface area (Å²) in [5.41, 5.74) is 2.36. The summed E-state index contributed by atoms with van der Waals surface area (Å²) in [5, 5.41) is 1.37. The molecule has 0 aliphatic heterocycles. The molecule has 0 radical (unpaired) electrons. The molecule has 36 heavy (non-hydrogen) atoms. The Balaban J connectivity index is 1.79. The summed E-state index contributed by atoms with van der Waals surface area (Å²) < 4.78 is 40.2. The van der Waals surface area contributed by atoms with Crippen molar-refractivity contribution >= 4 is 28.3 Å². The molecule has 0 saturated carbocycles. The summed E-state index contributed by atoms with van der Waals surface area (Å²) in [4.78, 5) is 13.9. The molecule has 0 aliphatic carbocycles. The van der Waals surface area contributed by atoms with Gasteiger partial charge in [-0.2, -0.15) is 13.2 Å². The van der Waals surface area contributed by atoms with Crippen LogP contribution in [-0.4, -0.2) is 49.1 Å². The zero-order chi connectivity index (χ0) is 26.0. The number of para-hydroxylation sites is 1. The van der Waals surface area contributed by atoms with Crippen molar-refractivity contribution < 1.29 is 13.2 Å². The second-order valence-corrected chi connectivity index (χ2v) is 9.66. The molecule has 0 spiro atoms. The fourth-order valence-corrected chi connectivity index (χ4v) is 4.42. The molecule has 4 aromatic rings. The van der Waals surface area contributed by atoms with Gasteiger partial charge in [0.05, 0.1) is 16.1 Å². The van der Waals surface area contributed by atoms with E-state index in [0.717, 1.165) is 36.8 Å². The Bertz CT molecular complexity index is 1390. The van der Waals surface area contributed by atoms with Gasteiger partial charge < -0.3 is 9.80 Å². The van der Waals surface area contributed by atoms with Gasteiger partial charge in [0.1, 0.15) is 5.82 Å². The van der Waals surface area contributed by atoms with Gasteiger partial charge in [-0.05, 0) is 81.0 Å². The van der Waals surface area contributed by atoms with Crippen LogP contribution < -0.4 is 4.90 Å². The number of hydrogen-bond acceptors (Lipinski definition) is 4. The van der Waals surface area contributed by atoms with Gasteiger partial charge in [0.2, 0.25) is 0 Å². The third kappa shape index (κ3) is 5.79. The van der Waals surface area contributed by atoms with Crippen molar-refractivity contribution in [3.8, 4) is 22.5 Å². The highest BCUT2D eigenvalue weighted by Crippen LogP contribution is 2.35. The van der Waals surface area contributed by atoms with E-state index in [2.05, 4.69) is 9.80 Å². The Morgan fingerprint density at radius 1 is 0.833 bits per heavy atom. The summed E-state index contributed by atoms with van der Waals surface area (Å²) in [7, 11) is 6.07. The molecule has 4 rings (SSSR count). The smallest absolute Gasteiger partial charge is 0.359 e. The van der Waals surface area contributed by atoms with Gasteiger partial charge in [-0.3, -0.25) is 0 Å². The second kappa shape index (κ2) is 10.4. The summed E-state index contributed by atoms with van der Waals surface area (Å²) in [6.07, 6.45) is -3.46. The van der Waals surface area contributed by atoms with Crippen LogP contribution in [0.5, 0.6) is 0 Å². The van der Waals surface area contributed by atoms with Crippen molar-refractivity contribution in [3.63, 3.8) is 0 Å². The molecule has 1 heterocycles. The number of hydrogen-bond donors (Lipinski definition) is 0. The Morgan fingerprint density at radius 2 is 1.56 bits per heavy atom. The molecule has 8 heteroatoms. The van der Waals surface area contributed by atoms with Crippen LogP contribution in [0, 0.1) is 6.92 Å². The second-order valence-electron chi connectivity index (χ2n) is 9.25. The number of rotatable bonds is 7. The maximum absolute atomic E-state index is 13.4. The first-order valence-electron chi connectivity index (χ1n) is 11.6. The van der Waals surface area contributed by atoms with Crippen molar-refractivity contribution in [2.75, 3.05) is 39.1 Å². The van der Waals surface area contributed by atoms with E-state index in [-0.39, 0.29) is 0 Å². The predicted octanol–water partition coefficient (Wildman–Crippen LogP) is 7.33. The summed E-state index contributed by atoms with van der Waals surface area (Å²) in [5.74, 6) is 1.23. The molecule has 0 amide bonds. The van der Waals surface area contributed by atoms with Crippen molar-refractivity contribution in [2.24, 2.45) is 0 Å². The van der Waals surface area contributed by atoms with E-state index >= 15 is 0 Å². The van der Waals surface area contributed by atoms with Gasteiger partial charge in [-0.25, -0.2) is 9.97 Å². The van der Waals surface area contributed by atoms with E-state index in [1.54, 1.807) is 31.2 Å². The van der Waals surface area contributed by atoms with Gasteiger partial charge in [-0.15, -0.1) is 0 Å². The lowest BCUT2D eigenvalue weighted by molar-refractivity contribution is -0.137. The fraction of sp³-hybridized carbons (Fsp3) is 0.286. The van der Waals surface area contributed by atoms with Crippen molar-refractivity contribution in [3.05, 3.63) is 76.8 Å². The van der Waals surface area contributed by atoms with Crippen LogP contribution in [0.3, 0.4) is 0 Å². The molecule has 4 nitrogen and oxygen atoms in total. The Labute approximate surface area is 214 Å². The third-order valence-corrected chi connectivity index (χ3v) is 6.28. The molecule has 0 unspecified atom stereocenters. The predicted molar refractivity (Wildman–Crippen MR) is 142 cm³/mol. The fourth-order valence-electron chi connectivity index (χ4n) is 4.20. The monoisotopic (exact) mass is 512 g/mol. The quantitative estimate of drug-likeness (QED) is 0.259. The lowest BCUT2D eigenvalue weighted by Crippen LogP contribution is -2.24. The highest BCUT2D eigenvalue weighted by atomic mass is 35.5. The molecule has 0 bridgehead atoms. The van der Waals surface area contributed by atoms with Crippen LogP contribution in [0.1, 0.15) is 17.5 Å². The largest absolute Gasteiger partial charge is 0.416 e. The first-order chi connectivity index (χ1) is 17.0. The van der Waals surface area contributed by atoms with Crippen LogP contribution in [0.15, 0.2) is 60.7 Å². The number of aryl methyl sites for hydroxylation is 1. The topological polar surface area (TPSA) is 32.3 Å². The lowest BCUT2D eigenvalue weighted by Gasteiger charge is -2.22.